The smallest absolute Gasteiger partial charge is 0.200 e. The van der Waals surface area contributed by atoms with Crippen molar-refractivity contribution in [1.29, 1.82) is 0 Å². The standard InChI is InChI=1S/C34H28N2/c1-23-11-3-5-13-26(23)25-18-19-31(35(2)22-25)27-14-6-4-12-24(27)21-30-33-29-16-8-7-15-28(29)32-17-9-10-20-36(32)34(30)33/h3-22,33-34H,1-2H3/q+2/b30-21-. The highest BCUT2D eigenvalue weighted by Crippen LogP contribution is 2.59. The second-order valence-corrected chi connectivity index (χ2v) is 9.96. The lowest BCUT2D eigenvalue weighted by molar-refractivity contribution is -0.688. The van der Waals surface area contributed by atoms with Crippen molar-refractivity contribution in [2.45, 2.75) is 18.9 Å². The van der Waals surface area contributed by atoms with E-state index < -0.39 is 0 Å². The molecule has 0 N–H and O–H groups in total. The van der Waals surface area contributed by atoms with Crippen LogP contribution in [-0.4, -0.2) is 0 Å². The van der Waals surface area contributed by atoms with Crippen LogP contribution in [0.4, 0.5) is 0 Å². The average molecular weight is 465 g/mol. The first-order valence-corrected chi connectivity index (χ1v) is 12.7. The molecule has 0 spiro atoms. The predicted octanol–water partition coefficient (Wildman–Crippen LogP) is 6.84. The molecule has 3 aromatic carbocycles. The Bertz CT molecular complexity index is 1620. The fraction of sp³-hybridized carbons (Fsp3) is 0.118. The molecule has 1 aliphatic carbocycles. The predicted molar refractivity (Wildman–Crippen MR) is 145 cm³/mol. The van der Waals surface area contributed by atoms with Crippen LogP contribution in [0, 0.1) is 6.92 Å². The summed E-state index contributed by atoms with van der Waals surface area (Å²) in [6.07, 6.45) is 6.92. The Morgan fingerprint density at radius 2 is 1.39 bits per heavy atom. The van der Waals surface area contributed by atoms with Gasteiger partial charge in [-0.15, -0.1) is 0 Å². The van der Waals surface area contributed by atoms with Crippen molar-refractivity contribution in [2.24, 2.45) is 7.05 Å². The number of benzene rings is 3. The number of aromatic nitrogens is 2. The number of hydrogen-bond acceptors (Lipinski definition) is 0. The first kappa shape index (κ1) is 21.0. The number of rotatable bonds is 3. The minimum absolute atomic E-state index is 0.404. The van der Waals surface area contributed by atoms with E-state index in [2.05, 4.69) is 145 Å². The van der Waals surface area contributed by atoms with Gasteiger partial charge in [0, 0.05) is 29.3 Å². The quantitative estimate of drug-likeness (QED) is 0.258. The highest BCUT2D eigenvalue weighted by molar-refractivity contribution is 5.78. The van der Waals surface area contributed by atoms with Crippen molar-refractivity contribution >= 4 is 6.08 Å². The van der Waals surface area contributed by atoms with E-state index in [1.807, 2.05) is 0 Å². The van der Waals surface area contributed by atoms with Gasteiger partial charge in [0.25, 0.3) is 0 Å². The van der Waals surface area contributed by atoms with E-state index in [1.165, 1.54) is 55.9 Å². The molecule has 172 valence electrons. The molecule has 2 aromatic heterocycles. The van der Waals surface area contributed by atoms with Crippen LogP contribution in [-0.2, 0) is 7.05 Å². The summed E-state index contributed by atoms with van der Waals surface area (Å²) in [4.78, 5) is 0. The fourth-order valence-corrected chi connectivity index (χ4v) is 6.02. The van der Waals surface area contributed by atoms with Crippen molar-refractivity contribution in [3.05, 3.63) is 138 Å². The maximum Gasteiger partial charge on any atom is 0.213 e. The van der Waals surface area contributed by atoms with Gasteiger partial charge >= 0.3 is 0 Å². The van der Waals surface area contributed by atoms with Gasteiger partial charge in [0.2, 0.25) is 11.4 Å². The lowest BCUT2D eigenvalue weighted by atomic mass is 9.96. The molecule has 5 aromatic rings. The molecule has 1 fully saturated rings. The van der Waals surface area contributed by atoms with Crippen molar-refractivity contribution in [1.82, 2.24) is 0 Å². The summed E-state index contributed by atoms with van der Waals surface area (Å²) in [6.45, 7) is 2.17. The number of nitrogens with zero attached hydrogens (tertiary/aromatic N) is 2. The molecular weight excluding hydrogens is 436 g/mol. The van der Waals surface area contributed by atoms with E-state index in [9.17, 15) is 0 Å². The van der Waals surface area contributed by atoms with Gasteiger partial charge in [-0.3, -0.25) is 0 Å². The van der Waals surface area contributed by atoms with Crippen LogP contribution in [0.5, 0.6) is 0 Å². The summed E-state index contributed by atoms with van der Waals surface area (Å²) in [6, 6.07) is 37.7. The van der Waals surface area contributed by atoms with Gasteiger partial charge in [-0.25, -0.2) is 4.57 Å². The third-order valence-corrected chi connectivity index (χ3v) is 7.82. The molecule has 0 bridgehead atoms. The van der Waals surface area contributed by atoms with E-state index in [0.717, 1.165) is 0 Å². The maximum atomic E-state index is 2.46. The van der Waals surface area contributed by atoms with Crippen molar-refractivity contribution < 1.29 is 9.13 Å². The normalized spacial score (nSPS) is 18.3. The molecule has 36 heavy (non-hydrogen) atoms. The van der Waals surface area contributed by atoms with Crippen molar-refractivity contribution in [3.8, 4) is 33.6 Å². The molecule has 2 unspecified atom stereocenters. The van der Waals surface area contributed by atoms with Crippen LogP contribution in [0.3, 0.4) is 0 Å². The number of fused-ring (bicyclic) bond motifs is 6. The van der Waals surface area contributed by atoms with Gasteiger partial charge in [0.1, 0.15) is 7.05 Å². The van der Waals surface area contributed by atoms with Gasteiger partial charge in [-0.1, -0.05) is 60.7 Å². The van der Waals surface area contributed by atoms with Crippen molar-refractivity contribution in [3.63, 3.8) is 0 Å². The molecule has 0 radical (unpaired) electrons. The van der Waals surface area contributed by atoms with Gasteiger partial charge in [-0.05, 0) is 59.5 Å². The number of hydrogen-bond donors (Lipinski definition) is 0. The third-order valence-electron chi connectivity index (χ3n) is 7.82. The molecule has 1 aliphatic heterocycles. The molecule has 0 amide bonds. The van der Waals surface area contributed by atoms with Crippen LogP contribution in [0.25, 0.3) is 39.7 Å². The molecule has 2 aliphatic rings. The lowest BCUT2D eigenvalue weighted by Gasteiger charge is -2.12. The number of pyridine rings is 2. The number of allylic oxidation sites excluding steroid dienone is 1. The fourth-order valence-electron chi connectivity index (χ4n) is 6.02. The Kier molecular flexibility index (Phi) is 4.75. The van der Waals surface area contributed by atoms with Crippen LogP contribution in [0.2, 0.25) is 0 Å². The van der Waals surface area contributed by atoms with Gasteiger partial charge in [0.05, 0.1) is 17.0 Å². The SMILES string of the molecule is Cc1ccccc1-c1ccc(-c2ccccc2/C=C2/C3c4ccccc4-c4cccc[n+]4C23)[n+](C)c1. The molecule has 2 atom stereocenters. The molecular formula is C34H28N2+2. The van der Waals surface area contributed by atoms with E-state index in [4.69, 9.17) is 0 Å². The van der Waals surface area contributed by atoms with Crippen LogP contribution in [0.15, 0.2) is 121 Å². The van der Waals surface area contributed by atoms with Crippen LogP contribution in [0.1, 0.15) is 28.7 Å². The van der Waals surface area contributed by atoms with Gasteiger partial charge in [-0.2, -0.15) is 4.57 Å². The third kappa shape index (κ3) is 3.25. The summed E-state index contributed by atoms with van der Waals surface area (Å²) in [7, 11) is 2.15. The van der Waals surface area contributed by atoms with E-state index in [1.54, 1.807) is 0 Å². The van der Waals surface area contributed by atoms with Crippen molar-refractivity contribution in [2.75, 3.05) is 0 Å². The largest absolute Gasteiger partial charge is 0.213 e. The second-order valence-electron chi connectivity index (χ2n) is 9.96. The highest BCUT2D eigenvalue weighted by atomic mass is 15.1. The van der Waals surface area contributed by atoms with E-state index in [0.29, 0.717) is 12.0 Å². The summed E-state index contributed by atoms with van der Waals surface area (Å²) >= 11 is 0. The van der Waals surface area contributed by atoms with Gasteiger partial charge < -0.3 is 0 Å². The Hall–Kier alpha value is -4.30. The average Bonchev–Trinajstić information content (AvgIpc) is 3.64. The maximum absolute atomic E-state index is 2.46. The molecule has 7 rings (SSSR count). The Labute approximate surface area is 212 Å². The number of aryl methyl sites for hydroxylation is 2. The Morgan fingerprint density at radius 1 is 0.667 bits per heavy atom. The highest BCUT2D eigenvalue weighted by Gasteiger charge is 2.57. The molecule has 3 heterocycles. The Morgan fingerprint density at radius 3 is 2.22 bits per heavy atom. The first-order chi connectivity index (χ1) is 17.7. The van der Waals surface area contributed by atoms with Crippen LogP contribution < -0.4 is 9.13 Å². The first-order valence-electron chi connectivity index (χ1n) is 12.7. The Balaban J connectivity index is 1.31. The van der Waals surface area contributed by atoms with Gasteiger partial charge in [0.15, 0.2) is 18.4 Å². The minimum Gasteiger partial charge on any atom is -0.200 e. The zero-order valence-corrected chi connectivity index (χ0v) is 20.6. The monoisotopic (exact) mass is 464 g/mol. The molecule has 1 saturated carbocycles. The van der Waals surface area contributed by atoms with E-state index in [-0.39, 0.29) is 0 Å². The summed E-state index contributed by atoms with van der Waals surface area (Å²) in [5.41, 5.74) is 13.2. The lowest BCUT2D eigenvalue weighted by Crippen LogP contribution is -2.37. The zero-order valence-electron chi connectivity index (χ0n) is 20.6. The topological polar surface area (TPSA) is 7.76 Å². The molecule has 2 nitrogen and oxygen atoms in total. The summed E-state index contributed by atoms with van der Waals surface area (Å²) in [5.74, 6) is 0.450. The molecule has 2 heteroatoms. The van der Waals surface area contributed by atoms with E-state index >= 15 is 0 Å². The second kappa shape index (κ2) is 8.13. The summed E-state index contributed by atoms with van der Waals surface area (Å²) < 4.78 is 4.72. The summed E-state index contributed by atoms with van der Waals surface area (Å²) in [5, 5.41) is 0. The molecule has 0 saturated heterocycles. The van der Waals surface area contributed by atoms with Crippen LogP contribution >= 0.6 is 0 Å². The minimum atomic E-state index is 0.404. The zero-order chi connectivity index (χ0) is 24.2.